The Morgan fingerprint density at radius 1 is 1.04 bits per heavy atom. The van der Waals surface area contributed by atoms with Crippen LogP contribution < -0.4 is 5.63 Å². The molecule has 2 heterocycles. The van der Waals surface area contributed by atoms with Crippen LogP contribution in [0.2, 0.25) is 10.0 Å². The molecule has 0 bridgehead atoms. The Hall–Kier alpha value is -2.56. The molecule has 4 rings (SSSR count). The number of fused-ring (bicyclic) bond motifs is 2. The highest BCUT2D eigenvalue weighted by molar-refractivity contribution is 6.38. The van der Waals surface area contributed by atoms with Gasteiger partial charge in [0.25, 0.3) is 5.91 Å². The Balaban J connectivity index is 1.97. The van der Waals surface area contributed by atoms with Gasteiger partial charge in [-0.3, -0.25) is 9.36 Å². The Morgan fingerprint density at radius 2 is 1.80 bits per heavy atom. The fourth-order valence-electron chi connectivity index (χ4n) is 2.99. The van der Waals surface area contributed by atoms with Gasteiger partial charge in [0.05, 0.1) is 10.5 Å². The van der Waals surface area contributed by atoms with Crippen LogP contribution in [0.4, 0.5) is 0 Å². The molecule has 0 aliphatic rings. The van der Waals surface area contributed by atoms with Gasteiger partial charge in [-0.05, 0) is 37.3 Å². The second-order valence-corrected chi connectivity index (χ2v) is 6.58. The van der Waals surface area contributed by atoms with E-state index in [1.165, 1.54) is 16.7 Å². The first-order valence-electron chi connectivity index (χ1n) is 7.50. The number of aromatic nitrogens is 1. The molecule has 0 aliphatic heterocycles. The minimum Gasteiger partial charge on any atom is -0.421 e. The highest BCUT2D eigenvalue weighted by Gasteiger charge is 2.20. The number of para-hydroxylation sites is 1. The first kappa shape index (κ1) is 15.9. The summed E-state index contributed by atoms with van der Waals surface area (Å²) in [6.45, 7) is 1.81. The number of halogens is 2. The molecule has 0 saturated heterocycles. The van der Waals surface area contributed by atoms with E-state index in [0.29, 0.717) is 10.4 Å². The van der Waals surface area contributed by atoms with Crippen LogP contribution in [0.15, 0.2) is 57.7 Å². The number of hydrogen-bond acceptors (Lipinski definition) is 3. The maximum Gasteiger partial charge on any atom is 0.349 e. The molecule has 4 aromatic rings. The maximum absolute atomic E-state index is 13.0. The van der Waals surface area contributed by atoms with Crippen molar-refractivity contribution < 1.29 is 9.21 Å². The average Bonchev–Trinajstić information content (AvgIpc) is 2.90. The van der Waals surface area contributed by atoms with Crippen molar-refractivity contribution in [3.63, 3.8) is 0 Å². The van der Waals surface area contributed by atoms with Crippen molar-refractivity contribution in [1.29, 1.82) is 0 Å². The van der Waals surface area contributed by atoms with Gasteiger partial charge in [0.2, 0.25) is 0 Å². The van der Waals surface area contributed by atoms with Crippen molar-refractivity contribution in [1.82, 2.24) is 4.57 Å². The Bertz CT molecular complexity index is 1220. The third-order valence-electron chi connectivity index (χ3n) is 4.08. The molecule has 0 fully saturated rings. The number of carbonyl (C=O) groups is 1. The molecular formula is C19H11Cl2NO3. The monoisotopic (exact) mass is 371 g/mol. The van der Waals surface area contributed by atoms with Crippen LogP contribution in [0.1, 0.15) is 16.1 Å². The van der Waals surface area contributed by atoms with Gasteiger partial charge in [-0.15, -0.1) is 0 Å². The second kappa shape index (κ2) is 5.76. The summed E-state index contributed by atoms with van der Waals surface area (Å²) in [7, 11) is 0. The normalized spacial score (nSPS) is 11.3. The molecular weight excluding hydrogens is 361 g/mol. The fraction of sp³-hybridized carbons (Fsp3) is 0.0526. The summed E-state index contributed by atoms with van der Waals surface area (Å²) in [4.78, 5) is 25.4. The van der Waals surface area contributed by atoms with Gasteiger partial charge >= 0.3 is 5.63 Å². The Kier molecular flexibility index (Phi) is 3.67. The van der Waals surface area contributed by atoms with Crippen molar-refractivity contribution in [3.8, 4) is 0 Å². The lowest BCUT2D eigenvalue weighted by atomic mass is 10.1. The largest absolute Gasteiger partial charge is 0.421 e. The summed E-state index contributed by atoms with van der Waals surface area (Å²) in [5, 5.41) is 2.03. The van der Waals surface area contributed by atoms with E-state index in [9.17, 15) is 9.59 Å². The summed E-state index contributed by atoms with van der Waals surface area (Å²) in [6.07, 6.45) is 0. The van der Waals surface area contributed by atoms with Gasteiger partial charge in [0, 0.05) is 21.5 Å². The van der Waals surface area contributed by atoms with Crippen LogP contribution in [0.25, 0.3) is 21.9 Å². The standard InChI is InChI=1S/C19H11Cl2NO3/c1-10-6-11-4-2-3-5-16(11)22(10)18(23)14-8-12-7-13(20)9-15(21)17(12)25-19(14)24/h2-9H,1H3. The molecule has 0 spiro atoms. The van der Waals surface area contributed by atoms with E-state index in [2.05, 4.69) is 0 Å². The number of aryl methyl sites for hydroxylation is 1. The van der Waals surface area contributed by atoms with Gasteiger partial charge in [-0.1, -0.05) is 41.4 Å². The van der Waals surface area contributed by atoms with Crippen LogP contribution in [0, 0.1) is 6.92 Å². The fourth-order valence-corrected chi connectivity index (χ4v) is 3.54. The Labute approximate surface area is 152 Å². The van der Waals surface area contributed by atoms with Gasteiger partial charge in [-0.25, -0.2) is 4.79 Å². The van der Waals surface area contributed by atoms with Crippen molar-refractivity contribution in [2.24, 2.45) is 0 Å². The summed E-state index contributed by atoms with van der Waals surface area (Å²) in [5.74, 6) is -0.453. The molecule has 25 heavy (non-hydrogen) atoms. The van der Waals surface area contributed by atoms with Crippen LogP contribution in [0.3, 0.4) is 0 Å². The molecule has 0 N–H and O–H groups in total. The minimum atomic E-state index is -0.737. The lowest BCUT2D eigenvalue weighted by Gasteiger charge is -2.07. The van der Waals surface area contributed by atoms with Gasteiger partial charge in [-0.2, -0.15) is 0 Å². The number of benzene rings is 2. The quantitative estimate of drug-likeness (QED) is 0.439. The number of nitrogens with zero attached hydrogens (tertiary/aromatic N) is 1. The molecule has 2 aromatic carbocycles. The first-order valence-corrected chi connectivity index (χ1v) is 8.26. The van der Waals surface area contributed by atoms with Crippen LogP contribution >= 0.6 is 23.2 Å². The first-order chi connectivity index (χ1) is 12.0. The molecule has 2 aromatic heterocycles. The average molecular weight is 372 g/mol. The summed E-state index contributed by atoms with van der Waals surface area (Å²) in [5.41, 5.74) is 0.860. The third kappa shape index (κ3) is 2.54. The summed E-state index contributed by atoms with van der Waals surface area (Å²) < 4.78 is 6.77. The number of carbonyl (C=O) groups excluding carboxylic acids is 1. The van der Waals surface area contributed by atoms with Crippen LogP contribution in [0.5, 0.6) is 0 Å². The van der Waals surface area contributed by atoms with E-state index in [-0.39, 0.29) is 16.2 Å². The third-order valence-corrected chi connectivity index (χ3v) is 4.58. The molecule has 4 nitrogen and oxygen atoms in total. The maximum atomic E-state index is 13.0. The zero-order valence-corrected chi connectivity index (χ0v) is 14.6. The number of hydrogen-bond donors (Lipinski definition) is 0. The van der Waals surface area contributed by atoms with Gasteiger partial charge in [0.15, 0.2) is 5.58 Å². The number of rotatable bonds is 1. The zero-order valence-electron chi connectivity index (χ0n) is 13.0. The van der Waals surface area contributed by atoms with Gasteiger partial charge in [0.1, 0.15) is 5.56 Å². The lowest BCUT2D eigenvalue weighted by Crippen LogP contribution is -2.21. The van der Waals surface area contributed by atoms with Crippen molar-refractivity contribution in [2.75, 3.05) is 0 Å². The molecule has 0 radical (unpaired) electrons. The lowest BCUT2D eigenvalue weighted by molar-refractivity contribution is 0.0959. The molecule has 0 amide bonds. The van der Waals surface area contributed by atoms with E-state index in [1.807, 2.05) is 37.3 Å². The van der Waals surface area contributed by atoms with Crippen molar-refractivity contribution in [2.45, 2.75) is 6.92 Å². The minimum absolute atomic E-state index is 0.0738. The predicted octanol–water partition coefficient (Wildman–Crippen LogP) is 5.05. The van der Waals surface area contributed by atoms with Crippen molar-refractivity contribution in [3.05, 3.63) is 80.3 Å². The van der Waals surface area contributed by atoms with Crippen LogP contribution in [-0.2, 0) is 0 Å². The van der Waals surface area contributed by atoms with E-state index >= 15 is 0 Å². The molecule has 0 atom stereocenters. The topological polar surface area (TPSA) is 52.2 Å². The molecule has 6 heteroatoms. The summed E-state index contributed by atoms with van der Waals surface area (Å²) >= 11 is 12.1. The Morgan fingerprint density at radius 3 is 2.60 bits per heavy atom. The van der Waals surface area contributed by atoms with E-state index in [4.69, 9.17) is 27.6 Å². The SMILES string of the molecule is Cc1cc2ccccc2n1C(=O)c1cc2cc(Cl)cc(Cl)c2oc1=O. The highest BCUT2D eigenvalue weighted by Crippen LogP contribution is 2.28. The van der Waals surface area contributed by atoms with E-state index < -0.39 is 11.5 Å². The van der Waals surface area contributed by atoms with E-state index in [1.54, 1.807) is 6.07 Å². The highest BCUT2D eigenvalue weighted by atomic mass is 35.5. The smallest absolute Gasteiger partial charge is 0.349 e. The zero-order chi connectivity index (χ0) is 17.7. The van der Waals surface area contributed by atoms with E-state index in [0.717, 1.165) is 16.6 Å². The molecule has 0 unspecified atom stereocenters. The molecule has 0 saturated carbocycles. The van der Waals surface area contributed by atoms with Crippen molar-refractivity contribution >= 4 is 51.0 Å². The molecule has 0 aliphatic carbocycles. The van der Waals surface area contributed by atoms with Crippen LogP contribution in [-0.4, -0.2) is 10.5 Å². The predicted molar refractivity (Wildman–Crippen MR) is 98.9 cm³/mol. The van der Waals surface area contributed by atoms with Gasteiger partial charge < -0.3 is 4.42 Å². The molecule has 124 valence electrons. The second-order valence-electron chi connectivity index (χ2n) is 5.74. The summed E-state index contributed by atoms with van der Waals surface area (Å²) in [6, 6.07) is 13.9.